The van der Waals surface area contributed by atoms with E-state index in [4.69, 9.17) is 21.1 Å². The van der Waals surface area contributed by atoms with Crippen LogP contribution in [0.3, 0.4) is 0 Å². The van der Waals surface area contributed by atoms with Crippen LogP contribution in [0, 0.1) is 13.8 Å². The van der Waals surface area contributed by atoms with Gasteiger partial charge in [-0.15, -0.1) is 0 Å². The van der Waals surface area contributed by atoms with E-state index in [0.717, 1.165) is 55.8 Å². The van der Waals surface area contributed by atoms with E-state index in [1.165, 1.54) is 35.1 Å². The second kappa shape index (κ2) is 13.3. The summed E-state index contributed by atoms with van der Waals surface area (Å²) in [6.45, 7) is 8.07. The molecule has 0 amide bonds. The lowest BCUT2D eigenvalue weighted by atomic mass is 9.77. The Bertz CT molecular complexity index is 1160. The third-order valence-corrected chi connectivity index (χ3v) is 9.40. The molecule has 1 N–H and O–H groups in total. The van der Waals surface area contributed by atoms with Gasteiger partial charge in [0.25, 0.3) is 0 Å². The molecule has 0 radical (unpaired) electrons. The molecule has 1 saturated heterocycles. The normalized spacial score (nSPS) is 23.7. The van der Waals surface area contributed by atoms with Crippen LogP contribution in [0.4, 0.5) is 0 Å². The van der Waals surface area contributed by atoms with Gasteiger partial charge in [-0.05, 0) is 112 Å². The average Bonchev–Trinajstić information content (AvgIpc) is 3.76. The maximum absolute atomic E-state index is 12.9. The van der Waals surface area contributed by atoms with E-state index in [2.05, 4.69) is 36.9 Å². The first-order valence-electron chi connectivity index (χ1n) is 15.1. The number of hydrogen-bond acceptors (Lipinski definition) is 5. The molecule has 3 aliphatic rings. The number of carbonyl (C=O) groups is 1. The van der Waals surface area contributed by atoms with Crippen molar-refractivity contribution in [3.05, 3.63) is 69.2 Å². The number of likely N-dealkylation sites (N-methyl/N-ethyl adjacent to an activating group) is 1. The molecule has 2 aliphatic carbocycles. The average molecular weight is 569 g/mol. The zero-order valence-corrected chi connectivity index (χ0v) is 25.0. The van der Waals surface area contributed by atoms with E-state index in [1.807, 2.05) is 30.1 Å². The van der Waals surface area contributed by atoms with Gasteiger partial charge in [0.1, 0.15) is 6.04 Å². The molecule has 218 valence electrons. The fourth-order valence-corrected chi connectivity index (χ4v) is 7.05. The van der Waals surface area contributed by atoms with Crippen LogP contribution >= 0.6 is 11.6 Å². The summed E-state index contributed by atoms with van der Waals surface area (Å²) >= 11 is 6.44. The largest absolute Gasteiger partial charge is 0.480 e. The Balaban J connectivity index is 1.35. The standard InChI is InChI=1S/C33H45ClN2O4/c1-22-7-10-25(34)21-29(22)30(36-17-19-39-20-18-36)15-16-35(3)32(33(37)38)28-6-4-5-23(2)31(28)24-8-11-26(12-9-24)40-27-13-14-27/h4-7,10,21,24,26-27,30,32H,8-9,11-20H2,1-3H3,(H,37,38)/t24?,26?,30-,32?/m0/s1. The van der Waals surface area contributed by atoms with Crippen LogP contribution in [-0.4, -0.2) is 73.0 Å². The number of benzene rings is 2. The molecule has 2 aromatic carbocycles. The fraction of sp³-hybridized carbons (Fsp3) is 0.606. The second-order valence-electron chi connectivity index (χ2n) is 12.1. The third kappa shape index (κ3) is 7.08. The van der Waals surface area contributed by atoms with Gasteiger partial charge in [0.05, 0.1) is 25.4 Å². The Kier molecular flexibility index (Phi) is 9.85. The lowest BCUT2D eigenvalue weighted by Crippen LogP contribution is -2.41. The third-order valence-electron chi connectivity index (χ3n) is 9.16. The zero-order chi connectivity index (χ0) is 28.2. The topological polar surface area (TPSA) is 62.2 Å². The van der Waals surface area contributed by atoms with Gasteiger partial charge >= 0.3 is 5.97 Å². The molecule has 0 aromatic heterocycles. The van der Waals surface area contributed by atoms with Crippen molar-refractivity contribution < 1.29 is 19.4 Å². The van der Waals surface area contributed by atoms with Gasteiger partial charge in [-0.3, -0.25) is 14.6 Å². The van der Waals surface area contributed by atoms with Gasteiger partial charge in [-0.1, -0.05) is 35.9 Å². The van der Waals surface area contributed by atoms with E-state index in [-0.39, 0.29) is 6.04 Å². The molecule has 0 bridgehead atoms. The molecule has 1 aliphatic heterocycles. The van der Waals surface area contributed by atoms with E-state index >= 15 is 0 Å². The number of carboxylic acids is 1. The van der Waals surface area contributed by atoms with Crippen molar-refractivity contribution in [2.24, 2.45) is 0 Å². The van der Waals surface area contributed by atoms with Crippen LogP contribution in [0.15, 0.2) is 36.4 Å². The number of aliphatic carboxylic acids is 1. The maximum Gasteiger partial charge on any atom is 0.325 e. The van der Waals surface area contributed by atoms with Gasteiger partial charge in [0, 0.05) is 30.7 Å². The first-order valence-corrected chi connectivity index (χ1v) is 15.5. The summed E-state index contributed by atoms with van der Waals surface area (Å²) in [5.74, 6) is -0.414. The van der Waals surface area contributed by atoms with Crippen LogP contribution in [0.25, 0.3) is 0 Å². The Hall–Kier alpha value is -1.96. The minimum atomic E-state index is -0.790. The highest BCUT2D eigenvalue weighted by Gasteiger charge is 2.34. The molecule has 2 saturated carbocycles. The number of halogens is 1. The van der Waals surface area contributed by atoms with Crippen molar-refractivity contribution >= 4 is 17.6 Å². The van der Waals surface area contributed by atoms with Gasteiger partial charge in [0.2, 0.25) is 0 Å². The van der Waals surface area contributed by atoms with E-state index in [9.17, 15) is 9.90 Å². The summed E-state index contributed by atoms with van der Waals surface area (Å²) in [5.41, 5.74) is 5.81. The predicted molar refractivity (Wildman–Crippen MR) is 159 cm³/mol. The first-order chi connectivity index (χ1) is 19.3. The molecule has 5 rings (SSSR count). The molecule has 40 heavy (non-hydrogen) atoms. The van der Waals surface area contributed by atoms with E-state index in [1.54, 1.807) is 0 Å². The number of ether oxygens (including phenoxy) is 2. The van der Waals surface area contributed by atoms with E-state index < -0.39 is 12.0 Å². The lowest BCUT2D eigenvalue weighted by Gasteiger charge is -2.37. The van der Waals surface area contributed by atoms with E-state index in [0.29, 0.717) is 37.9 Å². The molecular formula is C33H45ClN2O4. The van der Waals surface area contributed by atoms with Crippen molar-refractivity contribution in [2.75, 3.05) is 39.9 Å². The maximum atomic E-state index is 12.9. The molecule has 1 unspecified atom stereocenters. The highest BCUT2D eigenvalue weighted by Crippen LogP contribution is 2.41. The van der Waals surface area contributed by atoms with Gasteiger partial charge in [-0.25, -0.2) is 0 Å². The molecule has 6 nitrogen and oxygen atoms in total. The highest BCUT2D eigenvalue weighted by atomic mass is 35.5. The van der Waals surface area contributed by atoms with Crippen LogP contribution in [0.5, 0.6) is 0 Å². The highest BCUT2D eigenvalue weighted by molar-refractivity contribution is 6.30. The summed E-state index contributed by atoms with van der Waals surface area (Å²) in [7, 11) is 1.96. The summed E-state index contributed by atoms with van der Waals surface area (Å²) < 4.78 is 11.8. The molecule has 0 spiro atoms. The summed E-state index contributed by atoms with van der Waals surface area (Å²) in [5, 5.41) is 11.3. The van der Waals surface area contributed by atoms with Crippen LogP contribution in [0.1, 0.15) is 90.8 Å². The smallest absolute Gasteiger partial charge is 0.325 e. The quantitative estimate of drug-likeness (QED) is 0.326. The minimum Gasteiger partial charge on any atom is -0.480 e. The van der Waals surface area contributed by atoms with Gasteiger partial charge in [0.15, 0.2) is 0 Å². The predicted octanol–water partition coefficient (Wildman–Crippen LogP) is 6.68. The van der Waals surface area contributed by atoms with Crippen LogP contribution < -0.4 is 0 Å². The number of carboxylic acid groups (broad SMARTS) is 1. The number of nitrogens with zero attached hydrogens (tertiary/aromatic N) is 2. The molecule has 1 heterocycles. The fourth-order valence-electron chi connectivity index (χ4n) is 6.87. The van der Waals surface area contributed by atoms with Crippen LogP contribution in [-0.2, 0) is 14.3 Å². The zero-order valence-electron chi connectivity index (χ0n) is 24.3. The monoisotopic (exact) mass is 568 g/mol. The molecule has 2 atom stereocenters. The lowest BCUT2D eigenvalue weighted by molar-refractivity contribution is -0.143. The Morgan fingerprint density at radius 2 is 1.70 bits per heavy atom. The summed E-state index contributed by atoms with van der Waals surface area (Å²) in [6.07, 6.45) is 8.29. The number of aryl methyl sites for hydroxylation is 2. The van der Waals surface area contributed by atoms with Crippen molar-refractivity contribution in [1.29, 1.82) is 0 Å². The minimum absolute atomic E-state index is 0.151. The molecule has 3 fully saturated rings. The summed E-state index contributed by atoms with van der Waals surface area (Å²) in [6, 6.07) is 11.8. The van der Waals surface area contributed by atoms with Crippen LogP contribution in [0.2, 0.25) is 5.02 Å². The first kappa shape index (κ1) is 29.5. The number of hydrogen-bond donors (Lipinski definition) is 1. The van der Waals surface area contributed by atoms with Crippen molar-refractivity contribution in [2.45, 2.75) is 89.0 Å². The van der Waals surface area contributed by atoms with Crippen molar-refractivity contribution in [3.63, 3.8) is 0 Å². The molecule has 2 aromatic rings. The van der Waals surface area contributed by atoms with Gasteiger partial charge in [-0.2, -0.15) is 0 Å². The number of morpholine rings is 1. The molecular weight excluding hydrogens is 524 g/mol. The second-order valence-corrected chi connectivity index (χ2v) is 12.5. The molecule has 7 heteroatoms. The number of rotatable bonds is 11. The van der Waals surface area contributed by atoms with Gasteiger partial charge < -0.3 is 14.6 Å². The van der Waals surface area contributed by atoms with Crippen molar-refractivity contribution in [3.8, 4) is 0 Å². The Morgan fingerprint density at radius 1 is 1.02 bits per heavy atom. The SMILES string of the molecule is Cc1ccc(Cl)cc1[C@H](CCN(C)C(C(=O)O)c1cccc(C)c1C1CCC(OC2CC2)CC1)N1CCOCC1. The van der Waals surface area contributed by atoms with Crippen molar-refractivity contribution in [1.82, 2.24) is 9.80 Å². The Labute approximate surface area is 244 Å². The summed E-state index contributed by atoms with van der Waals surface area (Å²) in [4.78, 5) is 17.4. The Morgan fingerprint density at radius 3 is 2.35 bits per heavy atom.